The van der Waals surface area contributed by atoms with E-state index in [1.807, 2.05) is 4.90 Å². The first-order chi connectivity index (χ1) is 12.1. The van der Waals surface area contributed by atoms with Crippen LogP contribution in [0, 0.1) is 5.82 Å². The molecule has 0 aromatic heterocycles. The molecule has 0 aliphatic carbocycles. The minimum Gasteiger partial charge on any atom is -0.342 e. The van der Waals surface area contributed by atoms with E-state index in [1.54, 1.807) is 4.90 Å². The van der Waals surface area contributed by atoms with Gasteiger partial charge in [-0.05, 0) is 37.1 Å². The van der Waals surface area contributed by atoms with Gasteiger partial charge < -0.3 is 9.80 Å². The zero-order chi connectivity index (χ0) is 17.6. The Bertz CT molecular complexity index is 589. The molecular formula is C19H26FN3O2. The molecule has 2 aliphatic rings. The van der Waals surface area contributed by atoms with E-state index in [1.165, 1.54) is 37.1 Å². The fourth-order valence-electron chi connectivity index (χ4n) is 3.50. The average molecular weight is 347 g/mol. The van der Waals surface area contributed by atoms with Crippen molar-refractivity contribution < 1.29 is 14.0 Å². The molecule has 2 amide bonds. The van der Waals surface area contributed by atoms with Crippen LogP contribution in [-0.2, 0) is 4.79 Å². The summed E-state index contributed by atoms with van der Waals surface area (Å²) in [4.78, 5) is 30.8. The summed E-state index contributed by atoms with van der Waals surface area (Å²) in [7, 11) is 0. The SMILES string of the molecule is O=C(CN1CCN(C(=O)c2ccc(F)cc2)CC1)N1CCCCCC1. The smallest absolute Gasteiger partial charge is 0.253 e. The van der Waals surface area contributed by atoms with Gasteiger partial charge in [0.2, 0.25) is 5.91 Å². The van der Waals surface area contributed by atoms with Crippen LogP contribution in [0.25, 0.3) is 0 Å². The second-order valence-corrected chi connectivity index (χ2v) is 6.87. The Morgan fingerprint density at radius 3 is 2.00 bits per heavy atom. The van der Waals surface area contributed by atoms with Crippen molar-refractivity contribution in [2.75, 3.05) is 45.8 Å². The highest BCUT2D eigenvalue weighted by Crippen LogP contribution is 2.12. The fraction of sp³-hybridized carbons (Fsp3) is 0.579. The number of likely N-dealkylation sites (tertiary alicyclic amines) is 1. The molecular weight excluding hydrogens is 321 g/mol. The molecule has 1 aromatic carbocycles. The molecule has 0 radical (unpaired) electrons. The number of nitrogens with zero attached hydrogens (tertiary/aromatic N) is 3. The number of halogens is 1. The molecule has 136 valence electrons. The number of amides is 2. The molecule has 3 rings (SSSR count). The summed E-state index contributed by atoms with van der Waals surface area (Å²) in [6.45, 7) is 4.80. The van der Waals surface area contributed by atoms with Crippen LogP contribution < -0.4 is 0 Å². The Balaban J connectivity index is 1.47. The van der Waals surface area contributed by atoms with Crippen molar-refractivity contribution in [1.82, 2.24) is 14.7 Å². The molecule has 2 fully saturated rings. The lowest BCUT2D eigenvalue weighted by Gasteiger charge is -2.35. The highest BCUT2D eigenvalue weighted by molar-refractivity contribution is 5.94. The van der Waals surface area contributed by atoms with Gasteiger partial charge in [-0.1, -0.05) is 12.8 Å². The van der Waals surface area contributed by atoms with Gasteiger partial charge in [0.1, 0.15) is 5.82 Å². The van der Waals surface area contributed by atoms with Crippen LogP contribution in [-0.4, -0.2) is 72.3 Å². The van der Waals surface area contributed by atoms with Crippen molar-refractivity contribution in [3.63, 3.8) is 0 Å². The van der Waals surface area contributed by atoms with Crippen LogP contribution in [0.5, 0.6) is 0 Å². The Morgan fingerprint density at radius 1 is 0.800 bits per heavy atom. The molecule has 0 bridgehead atoms. The summed E-state index contributed by atoms with van der Waals surface area (Å²) in [5.74, 6) is -0.202. The summed E-state index contributed by atoms with van der Waals surface area (Å²) in [5, 5.41) is 0. The van der Waals surface area contributed by atoms with E-state index in [9.17, 15) is 14.0 Å². The maximum atomic E-state index is 13.0. The Morgan fingerprint density at radius 2 is 1.40 bits per heavy atom. The monoisotopic (exact) mass is 347 g/mol. The van der Waals surface area contributed by atoms with E-state index in [4.69, 9.17) is 0 Å². The molecule has 0 unspecified atom stereocenters. The number of benzene rings is 1. The van der Waals surface area contributed by atoms with Gasteiger partial charge in [0.05, 0.1) is 6.54 Å². The van der Waals surface area contributed by atoms with Crippen LogP contribution >= 0.6 is 0 Å². The number of hydrogen-bond acceptors (Lipinski definition) is 3. The van der Waals surface area contributed by atoms with Gasteiger partial charge in [0.15, 0.2) is 0 Å². The van der Waals surface area contributed by atoms with E-state index < -0.39 is 0 Å². The second kappa shape index (κ2) is 8.43. The molecule has 25 heavy (non-hydrogen) atoms. The summed E-state index contributed by atoms with van der Waals surface area (Å²) >= 11 is 0. The number of hydrogen-bond donors (Lipinski definition) is 0. The Hall–Kier alpha value is -1.95. The summed E-state index contributed by atoms with van der Waals surface area (Å²) in [6.07, 6.45) is 4.64. The van der Waals surface area contributed by atoms with Crippen molar-refractivity contribution in [2.24, 2.45) is 0 Å². The first-order valence-electron chi connectivity index (χ1n) is 9.18. The minimum absolute atomic E-state index is 0.0708. The van der Waals surface area contributed by atoms with Crippen LogP contribution in [0.4, 0.5) is 4.39 Å². The molecule has 2 saturated heterocycles. The topological polar surface area (TPSA) is 43.9 Å². The molecule has 0 atom stereocenters. The molecule has 0 spiro atoms. The lowest BCUT2D eigenvalue weighted by Crippen LogP contribution is -2.51. The maximum absolute atomic E-state index is 13.0. The molecule has 6 heteroatoms. The third kappa shape index (κ3) is 4.78. The van der Waals surface area contributed by atoms with Crippen molar-refractivity contribution in [3.05, 3.63) is 35.6 Å². The van der Waals surface area contributed by atoms with Crippen molar-refractivity contribution in [1.29, 1.82) is 0 Å². The third-order valence-electron chi connectivity index (χ3n) is 5.07. The van der Waals surface area contributed by atoms with Gasteiger partial charge >= 0.3 is 0 Å². The zero-order valence-electron chi connectivity index (χ0n) is 14.6. The lowest BCUT2D eigenvalue weighted by atomic mass is 10.2. The van der Waals surface area contributed by atoms with E-state index in [0.717, 1.165) is 25.9 Å². The van der Waals surface area contributed by atoms with Crippen LogP contribution in [0.1, 0.15) is 36.0 Å². The quantitative estimate of drug-likeness (QED) is 0.840. The first-order valence-corrected chi connectivity index (χ1v) is 9.18. The van der Waals surface area contributed by atoms with Crippen LogP contribution in [0.3, 0.4) is 0 Å². The zero-order valence-corrected chi connectivity index (χ0v) is 14.6. The van der Waals surface area contributed by atoms with E-state index in [-0.39, 0.29) is 17.6 Å². The summed E-state index contributed by atoms with van der Waals surface area (Å²) in [5.41, 5.74) is 0.510. The lowest BCUT2D eigenvalue weighted by molar-refractivity contribution is -0.132. The molecule has 5 nitrogen and oxygen atoms in total. The molecule has 2 heterocycles. The Labute approximate surface area is 148 Å². The molecule has 2 aliphatic heterocycles. The predicted molar refractivity (Wildman–Crippen MR) is 93.8 cm³/mol. The molecule has 0 saturated carbocycles. The second-order valence-electron chi connectivity index (χ2n) is 6.87. The van der Waals surface area contributed by atoms with E-state index in [2.05, 4.69) is 4.90 Å². The van der Waals surface area contributed by atoms with Gasteiger partial charge in [-0.3, -0.25) is 14.5 Å². The molecule has 1 aromatic rings. The minimum atomic E-state index is -0.339. The standard InChI is InChI=1S/C19H26FN3O2/c20-17-7-5-16(6-8-17)19(25)23-13-11-21(12-14-23)15-18(24)22-9-3-1-2-4-10-22/h5-8H,1-4,9-15H2. The van der Waals surface area contributed by atoms with Gasteiger partial charge in [-0.25, -0.2) is 4.39 Å². The normalized spacial score (nSPS) is 19.6. The van der Waals surface area contributed by atoms with E-state index in [0.29, 0.717) is 38.3 Å². The van der Waals surface area contributed by atoms with Crippen LogP contribution in [0.15, 0.2) is 24.3 Å². The van der Waals surface area contributed by atoms with Gasteiger partial charge in [0.25, 0.3) is 5.91 Å². The van der Waals surface area contributed by atoms with Gasteiger partial charge in [-0.15, -0.1) is 0 Å². The predicted octanol–water partition coefficient (Wildman–Crippen LogP) is 1.99. The highest BCUT2D eigenvalue weighted by atomic mass is 19.1. The largest absolute Gasteiger partial charge is 0.342 e. The number of carbonyl (C=O) groups excluding carboxylic acids is 2. The third-order valence-corrected chi connectivity index (χ3v) is 5.07. The summed E-state index contributed by atoms with van der Waals surface area (Å²) in [6, 6.07) is 5.66. The van der Waals surface area contributed by atoms with E-state index >= 15 is 0 Å². The number of piperazine rings is 1. The number of carbonyl (C=O) groups is 2. The van der Waals surface area contributed by atoms with Crippen molar-refractivity contribution >= 4 is 11.8 Å². The number of rotatable bonds is 3. The maximum Gasteiger partial charge on any atom is 0.253 e. The van der Waals surface area contributed by atoms with Crippen molar-refractivity contribution in [3.8, 4) is 0 Å². The highest BCUT2D eigenvalue weighted by Gasteiger charge is 2.25. The van der Waals surface area contributed by atoms with Gasteiger partial charge in [0, 0.05) is 44.8 Å². The van der Waals surface area contributed by atoms with Gasteiger partial charge in [-0.2, -0.15) is 0 Å². The van der Waals surface area contributed by atoms with Crippen LogP contribution in [0.2, 0.25) is 0 Å². The van der Waals surface area contributed by atoms with Crippen molar-refractivity contribution in [2.45, 2.75) is 25.7 Å². The molecule has 0 N–H and O–H groups in total. The first kappa shape index (κ1) is 17.9. The summed E-state index contributed by atoms with van der Waals surface area (Å²) < 4.78 is 13.0. The fourth-order valence-corrected chi connectivity index (χ4v) is 3.50. The Kier molecular flexibility index (Phi) is 6.02. The average Bonchev–Trinajstić information content (AvgIpc) is 2.92.